The third kappa shape index (κ3) is 3.98. The van der Waals surface area contributed by atoms with Crippen molar-refractivity contribution in [3.8, 4) is 5.82 Å². The van der Waals surface area contributed by atoms with Crippen molar-refractivity contribution in [3.05, 3.63) is 60.2 Å². The maximum absolute atomic E-state index is 12.9. The van der Waals surface area contributed by atoms with Crippen LogP contribution in [0.3, 0.4) is 0 Å². The molecule has 0 amide bonds. The Hall–Kier alpha value is -3.41. The van der Waals surface area contributed by atoms with Crippen LogP contribution >= 0.6 is 0 Å². The van der Waals surface area contributed by atoms with Crippen LogP contribution < -0.4 is 4.72 Å². The van der Waals surface area contributed by atoms with Crippen molar-refractivity contribution in [1.82, 2.24) is 24.5 Å². The summed E-state index contributed by atoms with van der Waals surface area (Å²) in [7, 11) is -2.27. The van der Waals surface area contributed by atoms with Crippen LogP contribution in [-0.2, 0) is 29.7 Å². The minimum atomic E-state index is -4.53. The van der Waals surface area contributed by atoms with Gasteiger partial charge < -0.3 is 0 Å². The van der Waals surface area contributed by atoms with Crippen LogP contribution in [0.1, 0.15) is 18.1 Å². The number of fused-ring (bicyclic) bond motifs is 1. The Balaban J connectivity index is 1.66. The van der Waals surface area contributed by atoms with Crippen LogP contribution in [0.25, 0.3) is 16.7 Å². The number of pyridine rings is 1. The lowest BCUT2D eigenvalue weighted by Gasteiger charge is -2.12. The highest BCUT2D eigenvalue weighted by Gasteiger charge is 2.32. The molecule has 1 N–H and O–H groups in total. The summed E-state index contributed by atoms with van der Waals surface area (Å²) in [4.78, 5) is 3.81. The Bertz CT molecular complexity index is 1360. The topological polar surface area (TPSA) is 94.7 Å². The molecule has 8 nitrogen and oxygen atoms in total. The molecular weight excluding hydrogens is 433 g/mol. The van der Waals surface area contributed by atoms with Crippen LogP contribution in [0.2, 0.25) is 0 Å². The second kappa shape index (κ2) is 7.38. The second-order valence-electron chi connectivity index (χ2n) is 6.82. The van der Waals surface area contributed by atoms with E-state index in [-0.39, 0.29) is 10.7 Å². The quantitative estimate of drug-likeness (QED) is 0.502. The van der Waals surface area contributed by atoms with Crippen molar-refractivity contribution >= 4 is 26.6 Å². The van der Waals surface area contributed by atoms with Crippen LogP contribution in [0, 0.1) is 0 Å². The average molecular weight is 450 g/mol. The van der Waals surface area contributed by atoms with Crippen molar-refractivity contribution in [3.63, 3.8) is 0 Å². The standard InChI is InChI=1S/C19H17F3N6O2S/c1-3-12-4-5-13-10-27(2)25-17(13)18(12)26-31(29,30)15-6-7-16(23-9-15)28-11-14(8-24-28)19(20,21)22/h4-11,26H,3H2,1-2H3. The van der Waals surface area contributed by atoms with Gasteiger partial charge in [0.2, 0.25) is 0 Å². The van der Waals surface area contributed by atoms with Gasteiger partial charge >= 0.3 is 6.18 Å². The maximum atomic E-state index is 12.9. The Kier molecular flexibility index (Phi) is 4.96. The number of hydrogen-bond donors (Lipinski definition) is 1. The highest BCUT2D eigenvalue weighted by atomic mass is 32.2. The number of alkyl halides is 3. The van der Waals surface area contributed by atoms with E-state index < -0.39 is 21.8 Å². The van der Waals surface area contributed by atoms with E-state index in [1.165, 1.54) is 12.1 Å². The largest absolute Gasteiger partial charge is 0.419 e. The first-order chi connectivity index (χ1) is 14.6. The van der Waals surface area contributed by atoms with Gasteiger partial charge in [0.05, 0.1) is 17.4 Å². The molecule has 0 saturated carbocycles. The van der Waals surface area contributed by atoms with E-state index in [4.69, 9.17) is 0 Å². The van der Waals surface area contributed by atoms with Gasteiger partial charge in [-0.25, -0.2) is 18.1 Å². The Morgan fingerprint density at radius 3 is 2.48 bits per heavy atom. The number of benzene rings is 1. The number of hydrogen-bond acceptors (Lipinski definition) is 5. The smallest absolute Gasteiger partial charge is 0.277 e. The van der Waals surface area contributed by atoms with Gasteiger partial charge in [-0.3, -0.25) is 9.40 Å². The summed E-state index contributed by atoms with van der Waals surface area (Å²) in [5.41, 5.74) is 0.747. The van der Waals surface area contributed by atoms with Gasteiger partial charge in [-0.05, 0) is 24.1 Å². The fourth-order valence-electron chi connectivity index (χ4n) is 3.11. The van der Waals surface area contributed by atoms with Crippen molar-refractivity contribution in [2.45, 2.75) is 24.4 Å². The minimum Gasteiger partial charge on any atom is -0.277 e. The molecule has 4 aromatic rings. The third-order valence-corrected chi connectivity index (χ3v) is 6.01. The van der Waals surface area contributed by atoms with Gasteiger partial charge in [0, 0.05) is 31.0 Å². The monoisotopic (exact) mass is 450 g/mol. The van der Waals surface area contributed by atoms with E-state index in [0.29, 0.717) is 23.8 Å². The first-order valence-corrected chi connectivity index (χ1v) is 10.6. The number of rotatable bonds is 5. The Morgan fingerprint density at radius 2 is 1.87 bits per heavy atom. The first kappa shape index (κ1) is 20.8. The van der Waals surface area contributed by atoms with Crippen molar-refractivity contribution in [2.75, 3.05) is 4.72 Å². The van der Waals surface area contributed by atoms with Gasteiger partial charge in [0.25, 0.3) is 10.0 Å². The van der Waals surface area contributed by atoms with E-state index >= 15 is 0 Å². The highest BCUT2D eigenvalue weighted by Crippen LogP contribution is 2.30. The molecule has 0 fully saturated rings. The summed E-state index contributed by atoms with van der Waals surface area (Å²) in [5.74, 6) is 0.0514. The summed E-state index contributed by atoms with van der Waals surface area (Å²) in [6.07, 6.45) is 0.355. The summed E-state index contributed by atoms with van der Waals surface area (Å²) in [6, 6.07) is 6.24. The number of nitrogens with one attached hydrogen (secondary N) is 1. The summed E-state index contributed by atoms with van der Waals surface area (Å²) in [6.45, 7) is 1.90. The molecule has 162 valence electrons. The molecule has 3 heterocycles. The number of anilines is 1. The van der Waals surface area contributed by atoms with Gasteiger partial charge in [-0.15, -0.1) is 0 Å². The van der Waals surface area contributed by atoms with Gasteiger partial charge in [-0.1, -0.05) is 19.1 Å². The molecule has 0 unspecified atom stereocenters. The Labute approximate surface area is 175 Å². The molecule has 0 saturated heterocycles. The molecule has 4 rings (SSSR count). The molecule has 0 aliphatic rings. The zero-order chi connectivity index (χ0) is 22.4. The van der Waals surface area contributed by atoms with Gasteiger partial charge in [0.15, 0.2) is 5.82 Å². The molecule has 0 bridgehead atoms. The number of halogens is 3. The van der Waals surface area contributed by atoms with Crippen LogP contribution in [-0.4, -0.2) is 33.0 Å². The first-order valence-electron chi connectivity index (χ1n) is 9.15. The third-order valence-electron chi connectivity index (χ3n) is 4.67. The van der Waals surface area contributed by atoms with Gasteiger partial charge in [0.1, 0.15) is 10.4 Å². The zero-order valence-corrected chi connectivity index (χ0v) is 17.2. The van der Waals surface area contributed by atoms with Gasteiger partial charge in [-0.2, -0.15) is 23.4 Å². The Morgan fingerprint density at radius 1 is 1.10 bits per heavy atom. The van der Waals surface area contributed by atoms with E-state index in [0.717, 1.165) is 28.0 Å². The molecule has 12 heteroatoms. The van der Waals surface area contributed by atoms with E-state index in [2.05, 4.69) is 19.9 Å². The molecule has 0 radical (unpaired) electrons. The summed E-state index contributed by atoms with van der Waals surface area (Å²) >= 11 is 0. The van der Waals surface area contributed by atoms with Crippen LogP contribution in [0.15, 0.2) is 53.9 Å². The normalized spacial score (nSPS) is 12.4. The lowest BCUT2D eigenvalue weighted by Crippen LogP contribution is -2.15. The van der Waals surface area contributed by atoms with E-state index in [9.17, 15) is 21.6 Å². The highest BCUT2D eigenvalue weighted by molar-refractivity contribution is 7.92. The number of aromatic nitrogens is 5. The molecule has 3 aromatic heterocycles. The minimum absolute atomic E-state index is 0.0514. The van der Waals surface area contributed by atoms with Crippen LogP contribution in [0.4, 0.5) is 18.9 Å². The lowest BCUT2D eigenvalue weighted by atomic mass is 10.1. The van der Waals surface area contributed by atoms with E-state index in [1.54, 1.807) is 17.9 Å². The molecule has 0 aliphatic carbocycles. The molecule has 1 aromatic carbocycles. The SMILES string of the molecule is CCc1ccc2cn(C)nc2c1NS(=O)(=O)c1ccc(-n2cc(C(F)(F)F)cn2)nc1. The fourth-order valence-corrected chi connectivity index (χ4v) is 4.17. The van der Waals surface area contributed by atoms with E-state index in [1.807, 2.05) is 19.1 Å². The summed E-state index contributed by atoms with van der Waals surface area (Å²) < 4.78 is 69.2. The fraction of sp³-hybridized carbons (Fsp3) is 0.211. The average Bonchev–Trinajstić information content (AvgIpc) is 3.34. The summed E-state index contributed by atoms with van der Waals surface area (Å²) in [5, 5.41) is 8.76. The van der Waals surface area contributed by atoms with Crippen molar-refractivity contribution in [2.24, 2.45) is 7.05 Å². The predicted molar refractivity (Wildman–Crippen MR) is 107 cm³/mol. The molecular formula is C19H17F3N6O2S. The lowest BCUT2D eigenvalue weighted by molar-refractivity contribution is -0.137. The number of nitrogens with zero attached hydrogens (tertiary/aromatic N) is 5. The molecule has 0 spiro atoms. The maximum Gasteiger partial charge on any atom is 0.419 e. The molecule has 31 heavy (non-hydrogen) atoms. The van der Waals surface area contributed by atoms with Crippen LogP contribution in [0.5, 0.6) is 0 Å². The second-order valence-corrected chi connectivity index (χ2v) is 8.51. The van der Waals surface area contributed by atoms with Crippen molar-refractivity contribution in [1.29, 1.82) is 0 Å². The number of aryl methyl sites for hydroxylation is 2. The molecule has 0 atom stereocenters. The predicted octanol–water partition coefficient (Wildman–Crippen LogP) is 3.54. The molecule has 0 aliphatic heterocycles. The zero-order valence-electron chi connectivity index (χ0n) is 16.4. The number of sulfonamides is 1. The van der Waals surface area contributed by atoms with Crippen molar-refractivity contribution < 1.29 is 21.6 Å².